The van der Waals surface area contributed by atoms with Crippen molar-refractivity contribution >= 4 is 23.3 Å². The number of anilines is 2. The number of amides is 2. The van der Waals surface area contributed by atoms with Crippen LogP contribution >= 0.6 is 0 Å². The number of nitrogens with one attached hydrogen (secondary N) is 1. The van der Waals surface area contributed by atoms with Crippen molar-refractivity contribution < 1.29 is 14.3 Å². The number of benzene rings is 1. The molecule has 35 heavy (non-hydrogen) atoms. The van der Waals surface area contributed by atoms with Gasteiger partial charge < -0.3 is 19.9 Å². The zero-order valence-corrected chi connectivity index (χ0v) is 20.2. The van der Waals surface area contributed by atoms with E-state index < -0.39 is 5.41 Å². The van der Waals surface area contributed by atoms with Gasteiger partial charge >= 0.3 is 6.01 Å². The van der Waals surface area contributed by atoms with Crippen LogP contribution in [0.2, 0.25) is 0 Å². The smallest absolute Gasteiger partial charge is 0.318 e. The molecule has 1 N–H and O–H groups in total. The van der Waals surface area contributed by atoms with Crippen molar-refractivity contribution in [3.8, 4) is 6.01 Å². The number of ether oxygens (including phenoxy) is 1. The van der Waals surface area contributed by atoms with E-state index in [1.165, 1.54) is 11.6 Å². The predicted octanol–water partition coefficient (Wildman–Crippen LogP) is 2.87. The first kappa shape index (κ1) is 22.1. The zero-order chi connectivity index (χ0) is 24.2. The Hall–Kier alpha value is -3.42. The van der Waals surface area contributed by atoms with E-state index in [2.05, 4.69) is 33.9 Å². The molecule has 2 spiro atoms. The van der Waals surface area contributed by atoms with Crippen molar-refractivity contribution in [2.45, 2.75) is 43.9 Å². The second kappa shape index (κ2) is 8.07. The van der Waals surface area contributed by atoms with Crippen LogP contribution in [0, 0.1) is 5.41 Å². The van der Waals surface area contributed by atoms with Gasteiger partial charge in [0.25, 0.3) is 0 Å². The molecule has 3 aliphatic heterocycles. The summed E-state index contributed by atoms with van der Waals surface area (Å²) in [5.74, 6) is 0.791. The van der Waals surface area contributed by atoms with E-state index >= 15 is 0 Å². The number of carbonyl (C=O) groups excluding carboxylic acids is 2. The maximum atomic E-state index is 13.7. The highest BCUT2D eigenvalue weighted by atomic mass is 16.5. The molecular formula is C27H31N5O3. The van der Waals surface area contributed by atoms with Crippen LogP contribution in [0.1, 0.15) is 42.5 Å². The molecule has 2 saturated heterocycles. The van der Waals surface area contributed by atoms with Gasteiger partial charge in [0, 0.05) is 38.0 Å². The number of aryl methyl sites for hydroxylation is 1. The van der Waals surface area contributed by atoms with Crippen LogP contribution in [0.15, 0.2) is 36.9 Å². The summed E-state index contributed by atoms with van der Waals surface area (Å²) in [6.07, 6.45) is 6.68. The minimum atomic E-state index is -0.600. The molecule has 2 amide bonds. The lowest BCUT2D eigenvalue weighted by atomic mass is 9.65. The van der Waals surface area contributed by atoms with Gasteiger partial charge in [-0.2, -0.15) is 9.97 Å². The summed E-state index contributed by atoms with van der Waals surface area (Å²) in [4.78, 5) is 39.1. The first-order chi connectivity index (χ1) is 17.0. The highest BCUT2D eigenvalue weighted by molar-refractivity contribution is 6.04. The zero-order valence-electron chi connectivity index (χ0n) is 20.2. The van der Waals surface area contributed by atoms with Crippen molar-refractivity contribution in [3.63, 3.8) is 0 Å². The summed E-state index contributed by atoms with van der Waals surface area (Å²) in [6.45, 7) is 6.79. The Bertz CT molecular complexity index is 1210. The number of fused-ring (bicyclic) bond motifs is 3. The van der Waals surface area contributed by atoms with E-state index in [9.17, 15) is 9.59 Å². The summed E-state index contributed by atoms with van der Waals surface area (Å²) in [5.41, 5.74) is 3.51. The van der Waals surface area contributed by atoms with E-state index in [0.717, 1.165) is 81.0 Å². The molecule has 1 unspecified atom stereocenters. The Morgan fingerprint density at radius 1 is 1.17 bits per heavy atom. The lowest BCUT2D eigenvalue weighted by Crippen LogP contribution is -2.61. The molecular weight excluding hydrogens is 442 g/mol. The summed E-state index contributed by atoms with van der Waals surface area (Å²) in [7, 11) is 1.59. The average molecular weight is 474 g/mol. The van der Waals surface area contributed by atoms with Gasteiger partial charge in [0.1, 0.15) is 5.69 Å². The molecule has 8 heteroatoms. The third-order valence-electron chi connectivity index (χ3n) is 8.51. The molecule has 0 saturated carbocycles. The molecule has 0 bridgehead atoms. The Balaban J connectivity index is 1.29. The molecule has 182 valence electrons. The van der Waals surface area contributed by atoms with Crippen LogP contribution in [0.5, 0.6) is 6.01 Å². The lowest BCUT2D eigenvalue weighted by molar-refractivity contribution is -0.139. The van der Waals surface area contributed by atoms with Crippen LogP contribution in [0.3, 0.4) is 0 Å². The number of aromatic nitrogens is 2. The van der Waals surface area contributed by atoms with Gasteiger partial charge in [-0.15, -0.1) is 0 Å². The van der Waals surface area contributed by atoms with Gasteiger partial charge in [-0.1, -0.05) is 30.8 Å². The fourth-order valence-electron chi connectivity index (χ4n) is 6.54. The van der Waals surface area contributed by atoms with Crippen LogP contribution in [0.4, 0.5) is 11.5 Å². The summed E-state index contributed by atoms with van der Waals surface area (Å²) >= 11 is 0. The highest BCUT2D eigenvalue weighted by Gasteiger charge is 2.49. The molecule has 1 aromatic carbocycles. The van der Waals surface area contributed by atoms with E-state index in [1.807, 2.05) is 17.0 Å². The average Bonchev–Trinajstić information content (AvgIpc) is 2.87. The summed E-state index contributed by atoms with van der Waals surface area (Å²) in [5, 5.41) is 3.23. The molecule has 8 nitrogen and oxygen atoms in total. The SMILES string of the molecule is C=CC(=O)N1CC2(CCN(c3nc(OC)nc4c3NC(=O)C3(CCCc5ccccc53)C4)CC2)C1. The van der Waals surface area contributed by atoms with Crippen LogP contribution in [-0.4, -0.2) is 60.0 Å². The van der Waals surface area contributed by atoms with Gasteiger partial charge in [-0.3, -0.25) is 9.59 Å². The van der Waals surface area contributed by atoms with Crippen molar-refractivity contribution in [2.75, 3.05) is 43.5 Å². The van der Waals surface area contributed by atoms with Gasteiger partial charge in [0.05, 0.1) is 18.2 Å². The van der Waals surface area contributed by atoms with Crippen molar-refractivity contribution in [2.24, 2.45) is 5.41 Å². The normalized spacial score (nSPS) is 24.3. The van der Waals surface area contributed by atoms with Crippen LogP contribution < -0.4 is 15.0 Å². The van der Waals surface area contributed by atoms with Crippen molar-refractivity contribution in [1.82, 2.24) is 14.9 Å². The second-order valence-corrected chi connectivity index (χ2v) is 10.5. The Morgan fingerprint density at radius 2 is 1.94 bits per heavy atom. The number of rotatable bonds is 3. The maximum Gasteiger partial charge on any atom is 0.318 e. The number of hydrogen-bond acceptors (Lipinski definition) is 6. The number of carbonyl (C=O) groups is 2. The number of methoxy groups -OCH3 is 1. The van der Waals surface area contributed by atoms with Gasteiger partial charge in [0.2, 0.25) is 11.8 Å². The molecule has 0 radical (unpaired) electrons. The largest absolute Gasteiger partial charge is 0.467 e. The Kier molecular flexibility index (Phi) is 5.09. The van der Waals surface area contributed by atoms with Gasteiger partial charge in [-0.05, 0) is 49.3 Å². The van der Waals surface area contributed by atoms with E-state index in [1.54, 1.807) is 7.11 Å². The molecule has 1 aliphatic carbocycles. The minimum absolute atomic E-state index is 0.00795. The third-order valence-corrected chi connectivity index (χ3v) is 8.51. The minimum Gasteiger partial charge on any atom is -0.467 e. The Labute approximate surface area is 205 Å². The van der Waals surface area contributed by atoms with Gasteiger partial charge in [0.15, 0.2) is 5.82 Å². The molecule has 4 aliphatic rings. The molecule has 1 atom stereocenters. The quantitative estimate of drug-likeness (QED) is 0.690. The number of hydrogen-bond donors (Lipinski definition) is 1. The van der Waals surface area contributed by atoms with Gasteiger partial charge in [-0.25, -0.2) is 0 Å². The van der Waals surface area contributed by atoms with E-state index in [0.29, 0.717) is 12.4 Å². The molecule has 1 aromatic heterocycles. The van der Waals surface area contributed by atoms with E-state index in [4.69, 9.17) is 9.72 Å². The summed E-state index contributed by atoms with van der Waals surface area (Å²) < 4.78 is 5.49. The number of nitrogens with zero attached hydrogens (tertiary/aromatic N) is 4. The van der Waals surface area contributed by atoms with Crippen molar-refractivity contribution in [3.05, 3.63) is 53.7 Å². The topological polar surface area (TPSA) is 87.7 Å². The number of piperidine rings is 1. The molecule has 6 rings (SSSR count). The third kappa shape index (κ3) is 3.41. The molecule has 4 heterocycles. The lowest BCUT2D eigenvalue weighted by Gasteiger charge is -2.54. The first-order valence-electron chi connectivity index (χ1n) is 12.5. The predicted molar refractivity (Wildman–Crippen MR) is 133 cm³/mol. The molecule has 2 fully saturated rings. The fourth-order valence-corrected chi connectivity index (χ4v) is 6.54. The first-order valence-corrected chi connectivity index (χ1v) is 12.5. The van der Waals surface area contributed by atoms with Crippen molar-refractivity contribution in [1.29, 1.82) is 0 Å². The maximum absolute atomic E-state index is 13.7. The molecule has 2 aromatic rings. The highest BCUT2D eigenvalue weighted by Crippen LogP contribution is 2.48. The van der Waals surface area contributed by atoms with Crippen LogP contribution in [0.25, 0.3) is 0 Å². The fraction of sp³-hybridized carbons (Fsp3) is 0.481. The summed E-state index contributed by atoms with van der Waals surface area (Å²) in [6, 6.07) is 8.64. The second-order valence-electron chi connectivity index (χ2n) is 10.5. The Morgan fingerprint density at radius 3 is 2.69 bits per heavy atom. The van der Waals surface area contributed by atoms with E-state index in [-0.39, 0.29) is 17.2 Å². The number of likely N-dealkylation sites (tertiary alicyclic amines) is 1. The van der Waals surface area contributed by atoms with Crippen LogP contribution in [-0.2, 0) is 27.8 Å². The standard InChI is InChI=1S/C27H31N5O3/c1-3-21(33)32-16-26(17-32)11-13-31(14-12-26)23-22-20(28-25(30-23)35-2)15-27(24(34)29-22)10-6-8-18-7-4-5-9-19(18)27/h3-5,7,9H,1,6,8,10-17H2,2H3,(H,29,34). The monoisotopic (exact) mass is 473 g/mol.